The number of carboxylic acid groups (broad SMARTS) is 1. The zero-order chi connectivity index (χ0) is 20.1. The summed E-state index contributed by atoms with van der Waals surface area (Å²) in [6.07, 6.45) is -0.139. The second-order valence-corrected chi connectivity index (χ2v) is 6.28. The molecule has 0 fully saturated rings. The van der Waals surface area contributed by atoms with E-state index >= 15 is 0 Å². The molecular weight excluding hydrogens is 350 g/mol. The number of ether oxygens (including phenoxy) is 2. The molecule has 0 radical (unpaired) electrons. The summed E-state index contributed by atoms with van der Waals surface area (Å²) < 4.78 is 12.2. The number of methoxy groups -OCH3 is 2. The van der Waals surface area contributed by atoms with Crippen LogP contribution in [0.4, 0.5) is 0 Å². The Morgan fingerprint density at radius 1 is 1.26 bits per heavy atom. The Morgan fingerprint density at radius 3 is 2.48 bits per heavy atom. The highest BCUT2D eigenvalue weighted by Gasteiger charge is 2.23. The molecule has 27 heavy (non-hydrogen) atoms. The Hall–Kier alpha value is -3.03. The van der Waals surface area contributed by atoms with E-state index in [9.17, 15) is 14.7 Å². The minimum atomic E-state index is -1.02. The van der Waals surface area contributed by atoms with E-state index in [0.29, 0.717) is 17.1 Å². The lowest BCUT2D eigenvalue weighted by Gasteiger charge is -2.20. The molecule has 0 bridgehead atoms. The normalized spacial score (nSPS) is 11.7. The molecule has 1 unspecified atom stereocenters. The molecule has 0 aliphatic rings. The molecule has 0 saturated heterocycles. The molecule has 8 heteroatoms. The summed E-state index contributed by atoms with van der Waals surface area (Å²) in [6.45, 7) is 3.74. The number of carbonyl (C=O) groups is 2. The van der Waals surface area contributed by atoms with Crippen molar-refractivity contribution in [3.63, 3.8) is 0 Å². The Balaban J connectivity index is 2.26. The van der Waals surface area contributed by atoms with Gasteiger partial charge in [-0.25, -0.2) is 0 Å². The van der Waals surface area contributed by atoms with Crippen LogP contribution < -0.4 is 14.8 Å². The first-order valence-corrected chi connectivity index (χ1v) is 8.49. The number of nitrogens with zero attached hydrogens (tertiary/aromatic N) is 2. The zero-order valence-corrected chi connectivity index (χ0v) is 16.2. The Morgan fingerprint density at radius 2 is 1.96 bits per heavy atom. The quantitative estimate of drug-likeness (QED) is 0.731. The molecule has 2 rings (SSSR count). The lowest BCUT2D eigenvalue weighted by Crippen LogP contribution is -2.32. The van der Waals surface area contributed by atoms with Crippen LogP contribution in [0.25, 0.3) is 0 Å². The number of rotatable bonds is 8. The predicted molar refractivity (Wildman–Crippen MR) is 99.1 cm³/mol. The maximum absolute atomic E-state index is 12.6. The van der Waals surface area contributed by atoms with Gasteiger partial charge in [-0.05, 0) is 26.0 Å². The molecule has 0 aliphatic carbocycles. The summed E-state index contributed by atoms with van der Waals surface area (Å²) in [5.74, 6) is -0.266. The van der Waals surface area contributed by atoms with Gasteiger partial charge in [-0.15, -0.1) is 0 Å². The predicted octanol–water partition coefficient (Wildman–Crippen LogP) is 1.93. The van der Waals surface area contributed by atoms with Gasteiger partial charge >= 0.3 is 5.97 Å². The molecule has 0 saturated carbocycles. The second-order valence-electron chi connectivity index (χ2n) is 6.28. The SMILES string of the molecule is COc1ccc(C(CC(=O)O)NC(=O)Cc2c(C)nn(C)c2C)c(OC)c1. The average molecular weight is 375 g/mol. The number of hydrogen-bond acceptors (Lipinski definition) is 5. The van der Waals surface area contributed by atoms with Crippen LogP contribution in [0.3, 0.4) is 0 Å². The maximum atomic E-state index is 12.6. The van der Waals surface area contributed by atoms with Gasteiger partial charge in [0.25, 0.3) is 0 Å². The van der Waals surface area contributed by atoms with Crippen LogP contribution in [0.5, 0.6) is 11.5 Å². The minimum absolute atomic E-state index is 0.125. The summed E-state index contributed by atoms with van der Waals surface area (Å²) in [7, 11) is 4.84. The Labute approximate surface area is 158 Å². The van der Waals surface area contributed by atoms with Gasteiger partial charge in [0, 0.05) is 29.9 Å². The van der Waals surface area contributed by atoms with Gasteiger partial charge in [-0.2, -0.15) is 5.10 Å². The highest BCUT2D eigenvalue weighted by Crippen LogP contribution is 2.31. The van der Waals surface area contributed by atoms with Crippen LogP contribution in [0.15, 0.2) is 18.2 Å². The number of hydrogen-bond donors (Lipinski definition) is 2. The van der Waals surface area contributed by atoms with Crippen molar-refractivity contribution >= 4 is 11.9 Å². The van der Waals surface area contributed by atoms with Crippen LogP contribution in [-0.2, 0) is 23.1 Å². The van der Waals surface area contributed by atoms with Gasteiger partial charge in [0.15, 0.2) is 0 Å². The molecule has 1 heterocycles. The van der Waals surface area contributed by atoms with Crippen LogP contribution >= 0.6 is 0 Å². The van der Waals surface area contributed by atoms with E-state index in [0.717, 1.165) is 17.0 Å². The molecule has 1 aromatic carbocycles. The number of aryl methyl sites for hydroxylation is 2. The molecule has 2 aromatic rings. The van der Waals surface area contributed by atoms with Crippen molar-refractivity contribution in [2.24, 2.45) is 7.05 Å². The fourth-order valence-electron chi connectivity index (χ4n) is 3.00. The first-order valence-electron chi connectivity index (χ1n) is 8.49. The number of benzene rings is 1. The van der Waals surface area contributed by atoms with Gasteiger partial charge < -0.3 is 19.9 Å². The van der Waals surface area contributed by atoms with E-state index in [4.69, 9.17) is 9.47 Å². The fourth-order valence-corrected chi connectivity index (χ4v) is 3.00. The average Bonchev–Trinajstić information content (AvgIpc) is 2.86. The highest BCUT2D eigenvalue weighted by atomic mass is 16.5. The third kappa shape index (κ3) is 4.78. The van der Waals surface area contributed by atoms with Crippen LogP contribution in [-0.4, -0.2) is 41.0 Å². The van der Waals surface area contributed by atoms with E-state index in [-0.39, 0.29) is 18.7 Å². The topological polar surface area (TPSA) is 103 Å². The number of aromatic nitrogens is 2. The van der Waals surface area contributed by atoms with Crippen molar-refractivity contribution in [1.82, 2.24) is 15.1 Å². The summed E-state index contributed by atoms with van der Waals surface area (Å²) in [4.78, 5) is 23.9. The Kier molecular flexibility index (Phi) is 6.44. The number of nitrogens with one attached hydrogen (secondary N) is 1. The fraction of sp³-hybridized carbons (Fsp3) is 0.421. The van der Waals surface area contributed by atoms with E-state index in [1.165, 1.54) is 14.2 Å². The maximum Gasteiger partial charge on any atom is 0.305 e. The number of aliphatic carboxylic acids is 1. The van der Waals surface area contributed by atoms with Crippen molar-refractivity contribution < 1.29 is 24.2 Å². The van der Waals surface area contributed by atoms with E-state index < -0.39 is 12.0 Å². The van der Waals surface area contributed by atoms with Gasteiger partial charge in [-0.1, -0.05) is 0 Å². The number of carbonyl (C=O) groups excluding carboxylic acids is 1. The Bertz CT molecular complexity index is 844. The molecule has 1 atom stereocenters. The number of carboxylic acids is 1. The smallest absolute Gasteiger partial charge is 0.305 e. The van der Waals surface area contributed by atoms with E-state index in [1.54, 1.807) is 22.9 Å². The molecular formula is C19H25N3O5. The molecule has 1 aromatic heterocycles. The summed E-state index contributed by atoms with van der Waals surface area (Å²) in [6, 6.07) is 4.33. The van der Waals surface area contributed by atoms with Crippen LogP contribution in [0, 0.1) is 13.8 Å². The number of amides is 1. The van der Waals surface area contributed by atoms with Crippen molar-refractivity contribution in [1.29, 1.82) is 0 Å². The van der Waals surface area contributed by atoms with Gasteiger partial charge in [-0.3, -0.25) is 14.3 Å². The monoisotopic (exact) mass is 375 g/mol. The lowest BCUT2D eigenvalue weighted by atomic mass is 10.0. The largest absolute Gasteiger partial charge is 0.497 e. The molecule has 0 spiro atoms. The van der Waals surface area contributed by atoms with Crippen molar-refractivity contribution in [3.8, 4) is 11.5 Å². The third-order valence-corrected chi connectivity index (χ3v) is 4.53. The van der Waals surface area contributed by atoms with Gasteiger partial charge in [0.05, 0.1) is 38.8 Å². The molecule has 1 amide bonds. The highest BCUT2D eigenvalue weighted by molar-refractivity contribution is 5.80. The van der Waals surface area contributed by atoms with Gasteiger partial charge in [0.1, 0.15) is 11.5 Å². The summed E-state index contributed by atoms with van der Waals surface area (Å²) >= 11 is 0. The summed E-state index contributed by atoms with van der Waals surface area (Å²) in [5, 5.41) is 16.4. The zero-order valence-electron chi connectivity index (χ0n) is 16.2. The van der Waals surface area contributed by atoms with Crippen LogP contribution in [0.1, 0.15) is 35.0 Å². The molecule has 2 N–H and O–H groups in total. The second kappa shape index (κ2) is 8.57. The third-order valence-electron chi connectivity index (χ3n) is 4.53. The van der Waals surface area contributed by atoms with Crippen LogP contribution in [0.2, 0.25) is 0 Å². The molecule has 0 aliphatic heterocycles. The van der Waals surface area contributed by atoms with Crippen molar-refractivity contribution in [3.05, 3.63) is 40.7 Å². The van der Waals surface area contributed by atoms with Crippen molar-refractivity contribution in [2.75, 3.05) is 14.2 Å². The standard InChI is InChI=1S/C19H25N3O5/c1-11-15(12(2)22(3)21-11)9-18(23)20-16(10-19(24)25)14-7-6-13(26-4)8-17(14)27-5/h6-8,16H,9-10H2,1-5H3,(H,20,23)(H,24,25). The van der Waals surface area contributed by atoms with Gasteiger partial charge in [0.2, 0.25) is 5.91 Å². The molecule has 146 valence electrons. The first kappa shape index (κ1) is 20.3. The summed E-state index contributed by atoms with van der Waals surface area (Å²) in [5.41, 5.74) is 3.10. The van der Waals surface area contributed by atoms with E-state index in [1.807, 2.05) is 20.9 Å². The first-order chi connectivity index (χ1) is 12.8. The minimum Gasteiger partial charge on any atom is -0.497 e. The van der Waals surface area contributed by atoms with E-state index in [2.05, 4.69) is 10.4 Å². The van der Waals surface area contributed by atoms with Crippen molar-refractivity contribution in [2.45, 2.75) is 32.7 Å². The molecule has 8 nitrogen and oxygen atoms in total. The lowest BCUT2D eigenvalue weighted by molar-refractivity contribution is -0.137.